The number of halogens is 8. The van der Waals surface area contributed by atoms with Crippen LogP contribution in [-0.2, 0) is 6.18 Å². The lowest BCUT2D eigenvalue weighted by molar-refractivity contribution is -0.137. The number of alkyl halides is 6. The number of rotatable bonds is 3. The number of nitrogens with two attached hydrogens (primary N) is 1. The van der Waals surface area contributed by atoms with Crippen molar-refractivity contribution in [3.8, 4) is 22.2 Å². The first-order chi connectivity index (χ1) is 13.8. The number of thioether (sulfide) groups is 1. The number of nitrogens with zero attached hydrogens (tertiary/aromatic N) is 3. The van der Waals surface area contributed by atoms with E-state index in [0.29, 0.717) is 12.1 Å². The molecule has 14 heteroatoms. The van der Waals surface area contributed by atoms with E-state index in [0.717, 1.165) is 16.0 Å². The summed E-state index contributed by atoms with van der Waals surface area (Å²) in [6, 6.07) is 5.53. The van der Waals surface area contributed by atoms with Crippen LogP contribution < -0.4 is 5.73 Å². The molecule has 0 aliphatic rings. The Morgan fingerprint density at radius 1 is 1.10 bits per heavy atom. The summed E-state index contributed by atoms with van der Waals surface area (Å²) >= 11 is 12.3. The minimum Gasteiger partial charge on any atom is -0.383 e. The maximum absolute atomic E-state index is 12.9. The summed E-state index contributed by atoms with van der Waals surface area (Å²) in [6.07, 6.45) is -4.70. The van der Waals surface area contributed by atoms with Crippen molar-refractivity contribution in [2.75, 3.05) is 5.73 Å². The Labute approximate surface area is 182 Å². The summed E-state index contributed by atoms with van der Waals surface area (Å²) in [5.74, 6) is -0.222. The molecule has 3 rings (SSSR count). The van der Waals surface area contributed by atoms with Gasteiger partial charge in [0.25, 0.3) is 0 Å². The maximum atomic E-state index is 12.9. The number of hydrogen-bond donors (Lipinski definition) is 1. The van der Waals surface area contributed by atoms with Gasteiger partial charge in [0.15, 0.2) is 5.69 Å². The lowest BCUT2D eigenvalue weighted by Gasteiger charge is -2.13. The lowest BCUT2D eigenvalue weighted by Crippen LogP contribution is -2.08. The van der Waals surface area contributed by atoms with Gasteiger partial charge in [-0.25, -0.2) is 4.68 Å². The second-order valence-corrected chi connectivity index (χ2v) is 8.85. The van der Waals surface area contributed by atoms with E-state index in [9.17, 15) is 31.6 Å². The minimum atomic E-state index is -4.70. The lowest BCUT2D eigenvalue weighted by atomic mass is 10.2. The van der Waals surface area contributed by atoms with Crippen LogP contribution in [0.5, 0.6) is 0 Å². The van der Waals surface area contributed by atoms with Gasteiger partial charge in [-0.3, -0.25) is 0 Å². The second-order valence-electron chi connectivity index (χ2n) is 5.59. The van der Waals surface area contributed by atoms with Crippen LogP contribution in [0, 0.1) is 11.3 Å². The van der Waals surface area contributed by atoms with Crippen LogP contribution in [0.3, 0.4) is 0 Å². The number of hydrogen-bond acceptors (Lipinski definition) is 5. The molecular weight excluding hydrogens is 497 g/mol. The molecule has 4 nitrogen and oxygen atoms in total. The minimum absolute atomic E-state index is 0.0172. The van der Waals surface area contributed by atoms with E-state index in [1.807, 2.05) is 0 Å². The molecule has 158 valence electrons. The molecule has 0 amide bonds. The van der Waals surface area contributed by atoms with Gasteiger partial charge in [0.05, 0.1) is 25.4 Å². The zero-order valence-electron chi connectivity index (χ0n) is 14.1. The Morgan fingerprint density at radius 2 is 1.70 bits per heavy atom. The third-order valence-corrected chi connectivity index (χ3v) is 6.17. The van der Waals surface area contributed by atoms with E-state index in [-0.39, 0.29) is 43.6 Å². The molecule has 0 saturated carbocycles. The third-order valence-electron chi connectivity index (χ3n) is 3.63. The molecule has 0 bridgehead atoms. The Kier molecular flexibility index (Phi) is 5.94. The van der Waals surface area contributed by atoms with Gasteiger partial charge < -0.3 is 5.73 Å². The van der Waals surface area contributed by atoms with Crippen LogP contribution in [0.1, 0.15) is 11.3 Å². The summed E-state index contributed by atoms with van der Waals surface area (Å²) in [5, 5.41) is 12.4. The molecule has 3 aromatic rings. The number of anilines is 1. The molecule has 2 heterocycles. The molecule has 2 aromatic heterocycles. The van der Waals surface area contributed by atoms with Crippen molar-refractivity contribution >= 4 is 52.1 Å². The largest absolute Gasteiger partial charge is 0.447 e. The second kappa shape index (κ2) is 7.88. The molecule has 0 fully saturated rings. The number of thiophene rings is 1. The average molecular weight is 503 g/mol. The highest BCUT2D eigenvalue weighted by atomic mass is 35.5. The predicted octanol–water partition coefficient (Wildman–Crippen LogP) is 6.99. The van der Waals surface area contributed by atoms with Gasteiger partial charge in [0.1, 0.15) is 17.6 Å². The zero-order chi connectivity index (χ0) is 22.4. The van der Waals surface area contributed by atoms with Gasteiger partial charge in [0, 0.05) is 4.88 Å². The topological polar surface area (TPSA) is 67.6 Å². The van der Waals surface area contributed by atoms with E-state index in [4.69, 9.17) is 28.9 Å². The molecule has 0 aliphatic carbocycles. The predicted molar refractivity (Wildman–Crippen MR) is 103 cm³/mol. The van der Waals surface area contributed by atoms with Gasteiger partial charge >= 0.3 is 11.7 Å². The Balaban J connectivity index is 2.13. The molecule has 0 saturated heterocycles. The van der Waals surface area contributed by atoms with E-state index >= 15 is 0 Å². The normalized spacial score (nSPS) is 12.2. The number of aromatic nitrogens is 2. The van der Waals surface area contributed by atoms with Crippen molar-refractivity contribution in [1.29, 1.82) is 5.26 Å². The standard InChI is InChI=1S/C16H6Cl2F6N4S2/c17-7-3-6(15(19,20)21)4-8(18)13(7)28-14(26)12(9(5-25)27-28)10-1-2-11(29-10)30-16(22,23)24/h1-4H,26H2. The van der Waals surface area contributed by atoms with E-state index in [1.54, 1.807) is 6.07 Å². The fraction of sp³-hybridized carbons (Fsp3) is 0.125. The quantitative estimate of drug-likeness (QED) is 0.309. The molecule has 1 aromatic carbocycles. The van der Waals surface area contributed by atoms with Crippen LogP contribution >= 0.6 is 46.3 Å². The van der Waals surface area contributed by atoms with Gasteiger partial charge in [0.2, 0.25) is 0 Å². The first-order valence-electron chi connectivity index (χ1n) is 7.53. The van der Waals surface area contributed by atoms with Gasteiger partial charge in [-0.05, 0) is 36.0 Å². The highest BCUT2D eigenvalue weighted by Gasteiger charge is 2.33. The van der Waals surface area contributed by atoms with Gasteiger partial charge in [-0.15, -0.1) is 11.3 Å². The fourth-order valence-corrected chi connectivity index (χ4v) is 5.00. The van der Waals surface area contributed by atoms with Crippen LogP contribution in [-0.4, -0.2) is 15.3 Å². The molecule has 30 heavy (non-hydrogen) atoms. The van der Waals surface area contributed by atoms with Crippen molar-refractivity contribution in [3.05, 3.63) is 45.6 Å². The molecule has 0 radical (unpaired) electrons. The molecule has 2 N–H and O–H groups in total. The fourth-order valence-electron chi connectivity index (χ4n) is 2.48. The highest BCUT2D eigenvalue weighted by Crippen LogP contribution is 2.45. The maximum Gasteiger partial charge on any atom is 0.447 e. The summed E-state index contributed by atoms with van der Waals surface area (Å²) in [7, 11) is 0. The van der Waals surface area contributed by atoms with E-state index in [1.165, 1.54) is 12.1 Å². The van der Waals surface area contributed by atoms with Crippen LogP contribution in [0.2, 0.25) is 10.0 Å². The molecule has 0 atom stereocenters. The summed E-state index contributed by atoms with van der Waals surface area (Å²) in [5.41, 5.74) is -0.0139. The van der Waals surface area contributed by atoms with Crippen molar-refractivity contribution < 1.29 is 26.3 Å². The third kappa shape index (κ3) is 4.49. The van der Waals surface area contributed by atoms with Crippen LogP contribution in [0.25, 0.3) is 16.1 Å². The molecule has 0 unspecified atom stereocenters. The zero-order valence-corrected chi connectivity index (χ0v) is 17.2. The highest BCUT2D eigenvalue weighted by molar-refractivity contribution is 8.02. The Morgan fingerprint density at radius 3 is 2.20 bits per heavy atom. The van der Waals surface area contributed by atoms with E-state index in [2.05, 4.69) is 5.10 Å². The SMILES string of the molecule is N#Cc1nn(-c2c(Cl)cc(C(F)(F)F)cc2Cl)c(N)c1-c1ccc(SC(F)(F)F)s1. The van der Waals surface area contributed by atoms with Crippen molar-refractivity contribution in [2.45, 2.75) is 15.9 Å². The average Bonchev–Trinajstić information content (AvgIpc) is 3.16. The smallest absolute Gasteiger partial charge is 0.383 e. The van der Waals surface area contributed by atoms with Crippen LogP contribution in [0.4, 0.5) is 32.2 Å². The number of nitriles is 1. The summed E-state index contributed by atoms with van der Waals surface area (Å²) in [6.45, 7) is 0. The molecule has 0 spiro atoms. The first kappa shape index (κ1) is 22.6. The Bertz CT molecular complexity index is 1140. The van der Waals surface area contributed by atoms with Crippen LogP contribution in [0.15, 0.2) is 28.5 Å². The van der Waals surface area contributed by atoms with Crippen molar-refractivity contribution in [2.24, 2.45) is 0 Å². The monoisotopic (exact) mass is 502 g/mol. The molecule has 0 aliphatic heterocycles. The van der Waals surface area contributed by atoms with E-state index < -0.39 is 27.3 Å². The first-order valence-corrected chi connectivity index (χ1v) is 9.92. The molecular formula is C16H6Cl2F6N4S2. The summed E-state index contributed by atoms with van der Waals surface area (Å²) in [4.78, 5) is 0.209. The summed E-state index contributed by atoms with van der Waals surface area (Å²) < 4.78 is 77.3. The number of nitrogen functional groups attached to an aromatic ring is 1. The number of benzene rings is 1. The van der Waals surface area contributed by atoms with Crippen molar-refractivity contribution in [3.63, 3.8) is 0 Å². The Hall–Kier alpha value is -2.07. The van der Waals surface area contributed by atoms with Gasteiger partial charge in [-0.2, -0.15) is 36.7 Å². The van der Waals surface area contributed by atoms with Crippen molar-refractivity contribution in [1.82, 2.24) is 9.78 Å². The van der Waals surface area contributed by atoms with Gasteiger partial charge in [-0.1, -0.05) is 23.2 Å².